The lowest BCUT2D eigenvalue weighted by atomic mass is 10.1. The summed E-state index contributed by atoms with van der Waals surface area (Å²) in [5.41, 5.74) is 2.78. The summed E-state index contributed by atoms with van der Waals surface area (Å²) >= 11 is 11.9. The van der Waals surface area contributed by atoms with E-state index in [0.29, 0.717) is 15.6 Å². The Labute approximate surface area is 118 Å². The molecule has 0 unspecified atom stereocenters. The summed E-state index contributed by atoms with van der Waals surface area (Å²) in [6, 6.07) is 4.75. The number of methoxy groups -OCH3 is 1. The number of benzene rings is 1. The zero-order valence-corrected chi connectivity index (χ0v) is 11.2. The lowest BCUT2D eigenvalue weighted by molar-refractivity contribution is 0.0602. The topological polar surface area (TPSA) is 90.4 Å². The van der Waals surface area contributed by atoms with E-state index in [-0.39, 0.29) is 17.1 Å². The van der Waals surface area contributed by atoms with Crippen LogP contribution < -0.4 is 11.3 Å². The second kappa shape index (κ2) is 5.48. The van der Waals surface area contributed by atoms with Crippen LogP contribution in [0.4, 0.5) is 5.82 Å². The monoisotopic (exact) mass is 301 g/mol. The molecular weight excluding hydrogens is 293 g/mol. The Kier molecular flexibility index (Phi) is 3.94. The maximum atomic E-state index is 11.7. The van der Waals surface area contributed by atoms with Crippen molar-refractivity contribution in [1.29, 1.82) is 0 Å². The number of hydrazine groups is 1. The van der Waals surface area contributed by atoms with E-state index in [1.54, 1.807) is 12.1 Å². The van der Waals surface area contributed by atoms with Crippen LogP contribution in [0.15, 0.2) is 22.7 Å². The molecule has 0 aliphatic heterocycles. The van der Waals surface area contributed by atoms with Crippen molar-refractivity contribution in [2.45, 2.75) is 0 Å². The van der Waals surface area contributed by atoms with Crippen LogP contribution in [0.2, 0.25) is 10.0 Å². The Morgan fingerprint density at radius 1 is 1.47 bits per heavy atom. The number of aromatic nitrogens is 1. The maximum Gasteiger partial charge on any atom is 0.345 e. The van der Waals surface area contributed by atoms with Gasteiger partial charge in [0.15, 0.2) is 17.1 Å². The molecule has 0 amide bonds. The van der Waals surface area contributed by atoms with Gasteiger partial charge in [-0.3, -0.25) is 0 Å². The lowest BCUT2D eigenvalue weighted by Crippen LogP contribution is -2.12. The van der Waals surface area contributed by atoms with E-state index in [4.69, 9.17) is 33.6 Å². The minimum Gasteiger partial charge on any atom is -0.465 e. The molecular formula is C11H9Cl2N3O3. The number of nitrogen functional groups attached to an aromatic ring is 1. The van der Waals surface area contributed by atoms with E-state index in [0.717, 1.165) is 0 Å². The van der Waals surface area contributed by atoms with Crippen LogP contribution in [-0.4, -0.2) is 18.2 Å². The largest absolute Gasteiger partial charge is 0.465 e. The SMILES string of the molecule is COC(=O)c1c(NN)noc1-c1ccc(Cl)cc1Cl. The molecule has 0 bridgehead atoms. The number of nitrogens with one attached hydrogen (secondary N) is 1. The molecule has 6 nitrogen and oxygen atoms in total. The summed E-state index contributed by atoms with van der Waals surface area (Å²) in [6.45, 7) is 0. The first kappa shape index (κ1) is 13.7. The smallest absolute Gasteiger partial charge is 0.345 e. The van der Waals surface area contributed by atoms with Crippen molar-refractivity contribution >= 4 is 35.0 Å². The van der Waals surface area contributed by atoms with Crippen LogP contribution in [0.25, 0.3) is 11.3 Å². The van der Waals surface area contributed by atoms with Gasteiger partial charge in [-0.2, -0.15) is 0 Å². The highest BCUT2D eigenvalue weighted by atomic mass is 35.5. The molecule has 2 aromatic rings. The average Bonchev–Trinajstić information content (AvgIpc) is 2.81. The Balaban J connectivity index is 2.62. The molecule has 0 spiro atoms. The third kappa shape index (κ3) is 2.51. The number of esters is 1. The standard InChI is InChI=1S/C11H9Cl2N3O3/c1-18-11(17)8-9(19-16-10(8)15-14)6-3-2-5(12)4-7(6)13/h2-4H,14H2,1H3,(H,15,16). The number of carbonyl (C=O) groups excluding carboxylic acids is 1. The third-order valence-electron chi connectivity index (χ3n) is 2.39. The fraction of sp³-hybridized carbons (Fsp3) is 0.0909. The Morgan fingerprint density at radius 3 is 2.79 bits per heavy atom. The summed E-state index contributed by atoms with van der Waals surface area (Å²) in [5, 5.41) is 4.42. The highest BCUT2D eigenvalue weighted by Crippen LogP contribution is 2.35. The number of hydrogen-bond acceptors (Lipinski definition) is 6. The number of ether oxygens (including phenoxy) is 1. The third-order valence-corrected chi connectivity index (χ3v) is 2.94. The van der Waals surface area contributed by atoms with E-state index in [9.17, 15) is 4.79 Å². The quantitative estimate of drug-likeness (QED) is 0.514. The summed E-state index contributed by atoms with van der Waals surface area (Å²) in [5.74, 6) is 4.84. The van der Waals surface area contributed by atoms with Crippen molar-refractivity contribution in [1.82, 2.24) is 5.16 Å². The normalized spacial score (nSPS) is 10.3. The van der Waals surface area contributed by atoms with E-state index >= 15 is 0 Å². The Morgan fingerprint density at radius 2 is 2.21 bits per heavy atom. The van der Waals surface area contributed by atoms with Crippen LogP contribution >= 0.6 is 23.2 Å². The minimum absolute atomic E-state index is 0.0628. The summed E-state index contributed by atoms with van der Waals surface area (Å²) in [4.78, 5) is 11.7. The molecule has 0 saturated carbocycles. The number of hydrogen-bond donors (Lipinski definition) is 2. The van der Waals surface area contributed by atoms with Crippen molar-refractivity contribution in [2.75, 3.05) is 12.5 Å². The highest BCUT2D eigenvalue weighted by molar-refractivity contribution is 6.36. The van der Waals surface area contributed by atoms with Crippen molar-refractivity contribution in [2.24, 2.45) is 5.84 Å². The van der Waals surface area contributed by atoms with Crippen LogP contribution in [0, 0.1) is 0 Å². The molecule has 19 heavy (non-hydrogen) atoms. The average molecular weight is 302 g/mol. The number of carbonyl (C=O) groups is 1. The number of halogens is 2. The molecule has 100 valence electrons. The Hall–Kier alpha value is -1.76. The number of anilines is 1. The van der Waals surface area contributed by atoms with E-state index < -0.39 is 5.97 Å². The molecule has 3 N–H and O–H groups in total. The van der Waals surface area contributed by atoms with Gasteiger partial charge in [0.05, 0.1) is 12.1 Å². The van der Waals surface area contributed by atoms with Gasteiger partial charge in [-0.25, -0.2) is 10.6 Å². The van der Waals surface area contributed by atoms with Crippen molar-refractivity contribution < 1.29 is 14.1 Å². The molecule has 0 radical (unpaired) electrons. The summed E-state index contributed by atoms with van der Waals surface area (Å²) in [6.07, 6.45) is 0. The second-order valence-electron chi connectivity index (χ2n) is 3.50. The molecule has 8 heteroatoms. The van der Waals surface area contributed by atoms with Crippen molar-refractivity contribution in [3.05, 3.63) is 33.8 Å². The van der Waals surface area contributed by atoms with E-state index in [1.807, 2.05) is 0 Å². The highest BCUT2D eigenvalue weighted by Gasteiger charge is 2.25. The van der Waals surface area contributed by atoms with Gasteiger partial charge >= 0.3 is 5.97 Å². The van der Waals surface area contributed by atoms with Gasteiger partial charge in [0.2, 0.25) is 0 Å². The molecule has 0 fully saturated rings. The van der Waals surface area contributed by atoms with E-state index in [1.165, 1.54) is 13.2 Å². The molecule has 0 aliphatic rings. The zero-order valence-electron chi connectivity index (χ0n) is 9.74. The maximum absolute atomic E-state index is 11.7. The molecule has 1 aromatic heterocycles. The second-order valence-corrected chi connectivity index (χ2v) is 4.34. The van der Waals surface area contributed by atoms with Gasteiger partial charge in [-0.15, -0.1) is 0 Å². The van der Waals surface area contributed by atoms with Crippen molar-refractivity contribution in [3.8, 4) is 11.3 Å². The Bertz CT molecular complexity index is 628. The molecule has 1 aromatic carbocycles. The van der Waals surface area contributed by atoms with E-state index in [2.05, 4.69) is 15.3 Å². The van der Waals surface area contributed by atoms with Crippen LogP contribution in [0.5, 0.6) is 0 Å². The molecule has 0 saturated heterocycles. The van der Waals surface area contributed by atoms with Gasteiger partial charge < -0.3 is 14.7 Å². The first-order valence-electron chi connectivity index (χ1n) is 5.08. The predicted molar refractivity (Wildman–Crippen MR) is 71.1 cm³/mol. The fourth-order valence-corrected chi connectivity index (χ4v) is 2.03. The van der Waals surface area contributed by atoms with Gasteiger partial charge in [0, 0.05) is 10.6 Å². The molecule has 1 heterocycles. The number of nitrogens with two attached hydrogens (primary N) is 1. The van der Waals surface area contributed by atoms with Crippen LogP contribution in [0.3, 0.4) is 0 Å². The van der Waals surface area contributed by atoms with Crippen LogP contribution in [-0.2, 0) is 4.74 Å². The zero-order chi connectivity index (χ0) is 14.0. The summed E-state index contributed by atoms with van der Waals surface area (Å²) in [7, 11) is 1.24. The van der Waals surface area contributed by atoms with Gasteiger partial charge in [0.25, 0.3) is 0 Å². The number of nitrogens with zero attached hydrogens (tertiary/aromatic N) is 1. The fourth-order valence-electron chi connectivity index (χ4n) is 1.54. The van der Waals surface area contributed by atoms with Gasteiger partial charge in [-0.1, -0.05) is 28.4 Å². The van der Waals surface area contributed by atoms with Gasteiger partial charge in [-0.05, 0) is 18.2 Å². The van der Waals surface area contributed by atoms with Crippen LogP contribution in [0.1, 0.15) is 10.4 Å². The lowest BCUT2D eigenvalue weighted by Gasteiger charge is -2.04. The minimum atomic E-state index is -0.643. The first-order chi connectivity index (χ1) is 9.08. The molecule has 2 rings (SSSR count). The molecule has 0 atom stereocenters. The summed E-state index contributed by atoms with van der Waals surface area (Å²) < 4.78 is 9.75. The first-order valence-corrected chi connectivity index (χ1v) is 5.84. The predicted octanol–water partition coefficient (Wildman–Crippen LogP) is 2.72. The number of rotatable bonds is 3. The molecule has 0 aliphatic carbocycles. The van der Waals surface area contributed by atoms with Gasteiger partial charge in [0.1, 0.15) is 0 Å². The van der Waals surface area contributed by atoms with Crippen molar-refractivity contribution in [3.63, 3.8) is 0 Å².